The lowest BCUT2D eigenvalue weighted by Gasteiger charge is -2.32. The molecular formula is C20H21ClFN7O3. The van der Waals surface area contributed by atoms with Gasteiger partial charge in [0.2, 0.25) is 0 Å². The van der Waals surface area contributed by atoms with Crippen molar-refractivity contribution in [3.05, 3.63) is 35.5 Å². The molecule has 0 saturated carbocycles. The molecule has 0 radical (unpaired) electrons. The molecular weight excluding hydrogens is 441 g/mol. The van der Waals surface area contributed by atoms with Crippen molar-refractivity contribution in [2.45, 2.75) is 12.8 Å². The summed E-state index contributed by atoms with van der Waals surface area (Å²) >= 11 is 6.05. The number of urea groups is 1. The molecule has 168 valence electrons. The van der Waals surface area contributed by atoms with Crippen molar-refractivity contribution in [2.75, 3.05) is 32.1 Å². The Morgan fingerprint density at radius 1 is 1.38 bits per heavy atom. The largest absolute Gasteiger partial charge is 0.453 e. The first kappa shape index (κ1) is 21.8. The van der Waals surface area contributed by atoms with Gasteiger partial charge in [0.25, 0.3) is 0 Å². The lowest BCUT2D eigenvalue weighted by atomic mass is 9.98. The second-order valence-electron chi connectivity index (χ2n) is 7.40. The molecule has 10 nitrogen and oxygen atoms in total. The maximum atomic E-state index is 14.4. The molecule has 0 aromatic carbocycles. The van der Waals surface area contributed by atoms with Crippen LogP contribution in [-0.2, 0) is 4.74 Å². The average molecular weight is 462 g/mol. The van der Waals surface area contributed by atoms with Crippen LogP contribution in [0.1, 0.15) is 12.8 Å². The minimum absolute atomic E-state index is 0.0565. The van der Waals surface area contributed by atoms with Gasteiger partial charge in [-0.1, -0.05) is 11.6 Å². The molecule has 1 aliphatic heterocycles. The highest BCUT2D eigenvalue weighted by Crippen LogP contribution is 2.28. The molecule has 1 atom stereocenters. The summed E-state index contributed by atoms with van der Waals surface area (Å²) in [5.41, 5.74) is 1.28. The van der Waals surface area contributed by atoms with Crippen molar-refractivity contribution in [1.29, 1.82) is 0 Å². The van der Waals surface area contributed by atoms with Crippen molar-refractivity contribution < 1.29 is 18.7 Å². The van der Waals surface area contributed by atoms with Crippen LogP contribution >= 0.6 is 11.6 Å². The van der Waals surface area contributed by atoms with E-state index in [0.29, 0.717) is 41.7 Å². The standard InChI is InChI=1S/C20H21ClFN7O3/c1-32-20(31)28-19(30)29-4-2-3-11(10-29)6-23-18-15(22)9-26-17(27-18)14-8-25-16-13(14)5-12(21)7-24-16/h5,7-9,11H,2-4,6,10H2,1H3,(H,24,25)(H,23,26,27)(H,28,30,31)/t11-/m1/s1. The fraction of sp³-hybridized carbons (Fsp3) is 0.350. The number of H-pyrrole nitrogens is 1. The monoisotopic (exact) mass is 461 g/mol. The minimum atomic E-state index is -0.806. The highest BCUT2D eigenvalue weighted by Gasteiger charge is 2.25. The number of aromatic amines is 1. The van der Waals surface area contributed by atoms with Crippen molar-refractivity contribution in [2.24, 2.45) is 5.92 Å². The van der Waals surface area contributed by atoms with E-state index in [2.05, 4.69) is 35.3 Å². The lowest BCUT2D eigenvalue weighted by molar-refractivity contribution is 0.150. The molecule has 4 rings (SSSR count). The number of imide groups is 1. The predicted molar refractivity (Wildman–Crippen MR) is 116 cm³/mol. The number of rotatable bonds is 4. The van der Waals surface area contributed by atoms with Gasteiger partial charge in [-0.2, -0.15) is 0 Å². The number of amides is 3. The van der Waals surface area contributed by atoms with Crippen LogP contribution in [0.2, 0.25) is 5.02 Å². The Balaban J connectivity index is 1.45. The van der Waals surface area contributed by atoms with Gasteiger partial charge in [-0.25, -0.2) is 34.2 Å². The first-order valence-electron chi connectivity index (χ1n) is 9.98. The van der Waals surface area contributed by atoms with Gasteiger partial charge in [0.15, 0.2) is 17.5 Å². The molecule has 12 heteroatoms. The van der Waals surface area contributed by atoms with E-state index >= 15 is 0 Å². The van der Waals surface area contributed by atoms with Gasteiger partial charge in [-0.3, -0.25) is 0 Å². The molecule has 3 aromatic heterocycles. The van der Waals surface area contributed by atoms with E-state index in [1.807, 2.05) is 0 Å². The van der Waals surface area contributed by atoms with Crippen LogP contribution in [0.25, 0.3) is 22.4 Å². The van der Waals surface area contributed by atoms with E-state index in [9.17, 15) is 14.0 Å². The Labute approximate surface area is 187 Å². The Morgan fingerprint density at radius 3 is 3.03 bits per heavy atom. The summed E-state index contributed by atoms with van der Waals surface area (Å²) in [5, 5.41) is 6.38. The fourth-order valence-electron chi connectivity index (χ4n) is 3.66. The zero-order chi connectivity index (χ0) is 22.7. The van der Waals surface area contributed by atoms with E-state index in [-0.39, 0.29) is 11.7 Å². The quantitative estimate of drug-likeness (QED) is 0.543. The van der Waals surface area contributed by atoms with Crippen LogP contribution in [0.3, 0.4) is 0 Å². The molecule has 1 fully saturated rings. The molecule has 4 heterocycles. The zero-order valence-electron chi connectivity index (χ0n) is 17.2. The number of carbonyl (C=O) groups is 2. The number of piperidine rings is 1. The smallest absolute Gasteiger partial charge is 0.415 e. The van der Waals surface area contributed by atoms with Gasteiger partial charge >= 0.3 is 12.1 Å². The number of carbonyl (C=O) groups excluding carboxylic acids is 2. The number of hydrogen-bond donors (Lipinski definition) is 3. The first-order valence-corrected chi connectivity index (χ1v) is 10.4. The molecule has 0 unspecified atom stereocenters. The number of anilines is 1. The maximum Gasteiger partial charge on any atom is 0.415 e. The fourth-order valence-corrected chi connectivity index (χ4v) is 3.82. The van der Waals surface area contributed by atoms with Crippen molar-refractivity contribution in [3.63, 3.8) is 0 Å². The van der Waals surface area contributed by atoms with Gasteiger partial charge in [0.1, 0.15) is 5.65 Å². The Hall–Kier alpha value is -3.47. The third-order valence-corrected chi connectivity index (χ3v) is 5.45. The molecule has 1 aliphatic rings. The normalized spacial score (nSPS) is 16.1. The molecule has 32 heavy (non-hydrogen) atoms. The minimum Gasteiger partial charge on any atom is -0.453 e. The number of nitrogens with zero attached hydrogens (tertiary/aromatic N) is 4. The summed E-state index contributed by atoms with van der Waals surface area (Å²) in [6, 6.07) is 1.23. The third-order valence-electron chi connectivity index (χ3n) is 5.24. The second-order valence-corrected chi connectivity index (χ2v) is 7.84. The molecule has 3 amide bonds. The van der Waals surface area contributed by atoms with Crippen LogP contribution in [0.4, 0.5) is 19.8 Å². The van der Waals surface area contributed by atoms with Gasteiger partial charge in [-0.15, -0.1) is 0 Å². The molecule has 3 aromatic rings. The van der Waals surface area contributed by atoms with Crippen molar-refractivity contribution in [1.82, 2.24) is 30.2 Å². The van der Waals surface area contributed by atoms with Crippen LogP contribution in [0.5, 0.6) is 0 Å². The summed E-state index contributed by atoms with van der Waals surface area (Å²) in [4.78, 5) is 40.6. The number of nitrogens with one attached hydrogen (secondary N) is 3. The van der Waals surface area contributed by atoms with Gasteiger partial charge < -0.3 is 19.9 Å². The van der Waals surface area contributed by atoms with Crippen LogP contribution in [0.15, 0.2) is 24.7 Å². The van der Waals surface area contributed by atoms with E-state index in [0.717, 1.165) is 24.4 Å². The molecule has 0 bridgehead atoms. The number of ether oxygens (including phenoxy) is 1. The Morgan fingerprint density at radius 2 is 2.22 bits per heavy atom. The number of likely N-dealkylation sites (tertiary alicyclic amines) is 1. The van der Waals surface area contributed by atoms with Crippen molar-refractivity contribution >= 4 is 40.6 Å². The van der Waals surface area contributed by atoms with Crippen LogP contribution in [0, 0.1) is 11.7 Å². The molecule has 0 aliphatic carbocycles. The zero-order valence-corrected chi connectivity index (χ0v) is 17.9. The Kier molecular flexibility index (Phi) is 6.35. The average Bonchev–Trinajstić information content (AvgIpc) is 3.21. The predicted octanol–water partition coefficient (Wildman–Crippen LogP) is 3.41. The number of methoxy groups -OCH3 is 1. The molecule has 3 N–H and O–H groups in total. The van der Waals surface area contributed by atoms with Crippen LogP contribution < -0.4 is 10.6 Å². The second kappa shape index (κ2) is 9.35. The van der Waals surface area contributed by atoms with Gasteiger partial charge in [0, 0.05) is 43.0 Å². The third kappa shape index (κ3) is 4.72. The van der Waals surface area contributed by atoms with E-state index in [4.69, 9.17) is 11.6 Å². The topological polar surface area (TPSA) is 125 Å². The number of pyridine rings is 1. The summed E-state index contributed by atoms with van der Waals surface area (Å²) in [6.07, 6.45) is 5.15. The van der Waals surface area contributed by atoms with E-state index in [1.54, 1.807) is 12.3 Å². The highest BCUT2D eigenvalue weighted by atomic mass is 35.5. The van der Waals surface area contributed by atoms with E-state index < -0.39 is 17.9 Å². The molecule has 1 saturated heterocycles. The van der Waals surface area contributed by atoms with Crippen LogP contribution in [-0.4, -0.2) is 63.7 Å². The summed E-state index contributed by atoms with van der Waals surface area (Å²) in [7, 11) is 1.19. The maximum absolute atomic E-state index is 14.4. The summed E-state index contributed by atoms with van der Waals surface area (Å²) in [6.45, 7) is 1.35. The molecule has 0 spiro atoms. The summed E-state index contributed by atoms with van der Waals surface area (Å²) < 4.78 is 18.8. The number of hydrogen-bond acceptors (Lipinski definition) is 7. The van der Waals surface area contributed by atoms with Gasteiger partial charge in [0.05, 0.1) is 18.3 Å². The highest BCUT2D eigenvalue weighted by molar-refractivity contribution is 6.31. The Bertz CT molecular complexity index is 1160. The number of halogens is 2. The SMILES string of the molecule is COC(=O)NC(=O)N1CCC[C@H](CNc2nc(-c3c[nH]c4ncc(Cl)cc34)ncc2F)C1. The number of fused-ring (bicyclic) bond motifs is 1. The number of aromatic nitrogens is 4. The van der Waals surface area contributed by atoms with Crippen molar-refractivity contribution in [3.8, 4) is 11.4 Å². The first-order chi connectivity index (χ1) is 15.4. The van der Waals surface area contributed by atoms with E-state index in [1.165, 1.54) is 18.2 Å². The van der Waals surface area contributed by atoms with Gasteiger partial charge in [-0.05, 0) is 24.8 Å². The lowest BCUT2D eigenvalue weighted by Crippen LogP contribution is -2.48. The number of alkyl carbamates (subject to hydrolysis) is 1. The summed E-state index contributed by atoms with van der Waals surface area (Å²) in [5.74, 6) is -0.135.